The topological polar surface area (TPSA) is 90.7 Å². The first-order chi connectivity index (χ1) is 11.1. The number of carbonyl (C=O) groups is 1. The number of rotatable bonds is 2. The molecule has 0 aromatic heterocycles. The number of ketones is 1. The van der Waals surface area contributed by atoms with Crippen LogP contribution in [0.3, 0.4) is 0 Å². The van der Waals surface area contributed by atoms with Gasteiger partial charge in [-0.3, -0.25) is 14.9 Å². The Morgan fingerprint density at radius 2 is 1.91 bits per heavy atom. The van der Waals surface area contributed by atoms with E-state index in [9.17, 15) is 14.9 Å². The maximum Gasteiger partial charge on any atom is 0.278 e. The van der Waals surface area contributed by atoms with Crippen LogP contribution >= 0.6 is 0 Å². The highest BCUT2D eigenvalue weighted by atomic mass is 16.7. The molecule has 2 aromatic carbocycles. The number of Topliss-reactive ketones (excluding diaryl/α,β-unsaturated/α-hetero) is 1. The van der Waals surface area contributed by atoms with E-state index in [1.54, 1.807) is 24.3 Å². The van der Waals surface area contributed by atoms with Gasteiger partial charge in [-0.2, -0.15) is 0 Å². The lowest BCUT2D eigenvalue weighted by molar-refractivity contribution is -0.385. The zero-order valence-corrected chi connectivity index (χ0v) is 11.9. The van der Waals surface area contributed by atoms with Gasteiger partial charge in [0.1, 0.15) is 0 Å². The number of nitrogens with one attached hydrogen (secondary N) is 1. The number of hydrogen-bond donors (Lipinski definition) is 1. The number of fused-ring (bicyclic) bond motifs is 2. The van der Waals surface area contributed by atoms with Crippen molar-refractivity contribution in [2.75, 3.05) is 12.1 Å². The van der Waals surface area contributed by atoms with Gasteiger partial charge in [-0.25, -0.2) is 0 Å². The number of nitro benzene ring substituents is 1. The van der Waals surface area contributed by atoms with Crippen LogP contribution in [0.1, 0.15) is 28.4 Å². The molecule has 0 spiro atoms. The fourth-order valence-electron chi connectivity index (χ4n) is 2.96. The molecule has 0 saturated heterocycles. The van der Waals surface area contributed by atoms with Crippen molar-refractivity contribution in [1.29, 1.82) is 0 Å². The number of para-hydroxylation sites is 1. The number of nitrogens with zero attached hydrogens (tertiary/aromatic N) is 1. The number of hydrogen-bond acceptors (Lipinski definition) is 6. The third-order valence-electron chi connectivity index (χ3n) is 4.04. The second kappa shape index (κ2) is 4.98. The summed E-state index contributed by atoms with van der Waals surface area (Å²) in [6.45, 7) is 0.0375. The molecular weight excluding hydrogens is 300 g/mol. The number of nitro groups is 1. The fraction of sp³-hybridized carbons (Fsp3) is 0.188. The first-order valence-electron chi connectivity index (χ1n) is 7.10. The van der Waals surface area contributed by atoms with Gasteiger partial charge < -0.3 is 14.8 Å². The van der Waals surface area contributed by atoms with Gasteiger partial charge in [0.25, 0.3) is 5.69 Å². The molecule has 2 aliphatic rings. The van der Waals surface area contributed by atoms with E-state index >= 15 is 0 Å². The lowest BCUT2D eigenvalue weighted by Gasteiger charge is -2.26. The fourth-order valence-corrected chi connectivity index (χ4v) is 2.96. The third-order valence-corrected chi connectivity index (χ3v) is 4.04. The van der Waals surface area contributed by atoms with Crippen LogP contribution in [-0.4, -0.2) is 17.5 Å². The van der Waals surface area contributed by atoms with Crippen LogP contribution in [-0.2, 0) is 0 Å². The van der Waals surface area contributed by atoms with Crippen LogP contribution in [0, 0.1) is 10.1 Å². The largest absolute Gasteiger partial charge is 0.454 e. The number of anilines is 1. The van der Waals surface area contributed by atoms with E-state index < -0.39 is 11.0 Å². The molecule has 7 nitrogen and oxygen atoms in total. The Labute approximate surface area is 131 Å². The first kappa shape index (κ1) is 13.6. The van der Waals surface area contributed by atoms with E-state index in [-0.39, 0.29) is 24.7 Å². The summed E-state index contributed by atoms with van der Waals surface area (Å²) >= 11 is 0. The van der Waals surface area contributed by atoms with Gasteiger partial charge in [-0.05, 0) is 18.2 Å². The van der Waals surface area contributed by atoms with E-state index in [2.05, 4.69) is 5.32 Å². The minimum atomic E-state index is -0.479. The minimum absolute atomic E-state index is 0.0375. The Bertz CT molecular complexity index is 833. The molecule has 0 bridgehead atoms. The molecule has 1 N–H and O–H groups in total. The van der Waals surface area contributed by atoms with Crippen molar-refractivity contribution < 1.29 is 19.2 Å². The second-order valence-electron chi connectivity index (χ2n) is 5.39. The molecular formula is C16H12N2O5. The molecule has 2 aromatic rings. The molecule has 0 aliphatic carbocycles. The predicted octanol–water partition coefficient (Wildman–Crippen LogP) is 3.06. The Kier molecular flexibility index (Phi) is 2.94. The van der Waals surface area contributed by atoms with Crippen LogP contribution in [0.2, 0.25) is 0 Å². The number of benzene rings is 2. The quantitative estimate of drug-likeness (QED) is 0.677. The highest BCUT2D eigenvalue weighted by Gasteiger charge is 2.32. The standard InChI is InChI=1S/C16H12N2O5/c19-14-6-12(17-11-4-2-1-3-9(11)14)10-5-15-16(23-8-22-15)7-13(10)18(20)21/h1-5,7,12,17H,6,8H2/t12-/m0/s1. The summed E-state index contributed by atoms with van der Waals surface area (Å²) in [5, 5.41) is 14.6. The highest BCUT2D eigenvalue weighted by Crippen LogP contribution is 2.43. The predicted molar refractivity (Wildman–Crippen MR) is 81.0 cm³/mol. The van der Waals surface area contributed by atoms with Gasteiger partial charge >= 0.3 is 0 Å². The lowest BCUT2D eigenvalue weighted by Crippen LogP contribution is -2.23. The molecule has 1 atom stereocenters. The molecule has 0 fully saturated rings. The van der Waals surface area contributed by atoms with Crippen LogP contribution in [0.4, 0.5) is 11.4 Å². The average molecular weight is 312 g/mol. The van der Waals surface area contributed by atoms with Crippen molar-refractivity contribution in [3.63, 3.8) is 0 Å². The van der Waals surface area contributed by atoms with Crippen LogP contribution in [0.25, 0.3) is 0 Å². The third kappa shape index (κ3) is 2.17. The summed E-state index contributed by atoms with van der Waals surface area (Å²) in [7, 11) is 0. The molecule has 4 rings (SSSR count). The molecule has 23 heavy (non-hydrogen) atoms. The van der Waals surface area contributed by atoms with E-state index in [1.807, 2.05) is 6.07 Å². The Balaban J connectivity index is 1.80. The van der Waals surface area contributed by atoms with Crippen molar-refractivity contribution in [1.82, 2.24) is 0 Å². The molecule has 2 heterocycles. The van der Waals surface area contributed by atoms with E-state index in [0.717, 1.165) is 0 Å². The van der Waals surface area contributed by atoms with Crippen molar-refractivity contribution in [3.05, 3.63) is 57.6 Å². The van der Waals surface area contributed by atoms with Crippen molar-refractivity contribution >= 4 is 17.2 Å². The molecule has 2 aliphatic heterocycles. The van der Waals surface area contributed by atoms with Gasteiger partial charge in [0.2, 0.25) is 6.79 Å². The Hall–Kier alpha value is -3.09. The molecule has 0 amide bonds. The molecule has 0 radical (unpaired) electrons. The molecule has 7 heteroatoms. The van der Waals surface area contributed by atoms with Gasteiger partial charge in [0, 0.05) is 17.7 Å². The number of ether oxygens (including phenoxy) is 2. The van der Waals surface area contributed by atoms with Gasteiger partial charge in [-0.15, -0.1) is 0 Å². The maximum absolute atomic E-state index is 12.3. The summed E-state index contributed by atoms with van der Waals surface area (Å²) in [4.78, 5) is 23.2. The van der Waals surface area contributed by atoms with Gasteiger partial charge in [0.05, 0.1) is 22.6 Å². The van der Waals surface area contributed by atoms with Crippen LogP contribution in [0.5, 0.6) is 11.5 Å². The van der Waals surface area contributed by atoms with E-state index in [4.69, 9.17) is 9.47 Å². The van der Waals surface area contributed by atoms with Gasteiger partial charge in [-0.1, -0.05) is 12.1 Å². The highest BCUT2D eigenvalue weighted by molar-refractivity contribution is 6.03. The van der Waals surface area contributed by atoms with Crippen molar-refractivity contribution in [2.45, 2.75) is 12.5 Å². The minimum Gasteiger partial charge on any atom is -0.454 e. The molecule has 0 saturated carbocycles. The lowest BCUT2D eigenvalue weighted by atomic mass is 9.91. The van der Waals surface area contributed by atoms with Crippen molar-refractivity contribution in [3.8, 4) is 11.5 Å². The summed E-state index contributed by atoms with van der Waals surface area (Å²) in [6, 6.07) is 9.60. The zero-order valence-electron chi connectivity index (χ0n) is 11.9. The zero-order chi connectivity index (χ0) is 16.0. The normalized spacial score (nSPS) is 18.3. The van der Waals surface area contributed by atoms with E-state index in [0.29, 0.717) is 28.3 Å². The van der Waals surface area contributed by atoms with Crippen LogP contribution < -0.4 is 14.8 Å². The second-order valence-corrected chi connectivity index (χ2v) is 5.39. The van der Waals surface area contributed by atoms with Crippen LogP contribution in [0.15, 0.2) is 36.4 Å². The summed E-state index contributed by atoms with van der Waals surface area (Å²) in [5.74, 6) is 0.762. The molecule has 0 unspecified atom stereocenters. The summed E-state index contributed by atoms with van der Waals surface area (Å²) in [6.07, 6.45) is 0.150. The average Bonchev–Trinajstić information content (AvgIpc) is 3.01. The van der Waals surface area contributed by atoms with Gasteiger partial charge in [0.15, 0.2) is 17.3 Å². The number of carbonyl (C=O) groups excluding carboxylic acids is 1. The Morgan fingerprint density at radius 3 is 2.70 bits per heavy atom. The van der Waals surface area contributed by atoms with E-state index in [1.165, 1.54) is 6.07 Å². The summed E-state index contributed by atoms with van der Waals surface area (Å²) in [5.41, 5.74) is 1.62. The summed E-state index contributed by atoms with van der Waals surface area (Å²) < 4.78 is 10.5. The SMILES string of the molecule is O=C1C[C@@H](c2cc3c(cc2[N+](=O)[O-])OCO3)Nc2ccccc21. The maximum atomic E-state index is 12.3. The van der Waals surface area contributed by atoms with Crippen molar-refractivity contribution in [2.24, 2.45) is 0 Å². The smallest absolute Gasteiger partial charge is 0.278 e. The Morgan fingerprint density at radius 1 is 1.17 bits per heavy atom. The first-order valence-corrected chi connectivity index (χ1v) is 7.10. The monoisotopic (exact) mass is 312 g/mol. The molecule has 116 valence electrons.